The molecule has 0 atom stereocenters. The summed E-state index contributed by atoms with van der Waals surface area (Å²) in [5.41, 5.74) is 1.50. The average molecular weight is 211 g/mol. The van der Waals surface area contributed by atoms with E-state index in [0.29, 0.717) is 0 Å². The van der Waals surface area contributed by atoms with Crippen molar-refractivity contribution in [3.8, 4) is 0 Å². The van der Waals surface area contributed by atoms with Gasteiger partial charge in [0, 0.05) is 0 Å². The van der Waals surface area contributed by atoms with E-state index in [4.69, 9.17) is 0 Å². The van der Waals surface area contributed by atoms with Gasteiger partial charge >= 0.3 is 5.97 Å². The Labute approximate surface area is 89.9 Å². The Hall–Kier alpha value is -1.32. The van der Waals surface area contributed by atoms with E-state index >= 15 is 0 Å². The van der Waals surface area contributed by atoms with Crippen LogP contribution < -0.4 is 0 Å². The summed E-state index contributed by atoms with van der Waals surface area (Å²) in [7, 11) is 2.76. The topological polar surface area (TPSA) is 47.9 Å². The summed E-state index contributed by atoms with van der Waals surface area (Å²) in [5.74, 6) is -0.449. The lowest BCUT2D eigenvalue weighted by molar-refractivity contribution is -0.132. The molecule has 0 unspecified atom stereocenters. The van der Waals surface area contributed by atoms with E-state index in [1.54, 1.807) is 6.08 Å². The number of hydrogen-bond acceptors (Lipinski definition) is 4. The second kappa shape index (κ2) is 6.22. The maximum atomic E-state index is 11.3. The Kier molecular flexibility index (Phi) is 4.87. The first-order chi connectivity index (χ1) is 7.27. The molecule has 0 saturated heterocycles. The van der Waals surface area contributed by atoms with Crippen LogP contribution in [0.2, 0.25) is 0 Å². The van der Waals surface area contributed by atoms with Crippen molar-refractivity contribution in [1.29, 1.82) is 0 Å². The molecule has 1 saturated carbocycles. The summed E-state index contributed by atoms with van der Waals surface area (Å²) >= 11 is 0. The Morgan fingerprint density at radius 3 is 2.47 bits per heavy atom. The van der Waals surface area contributed by atoms with Crippen molar-refractivity contribution in [2.75, 3.05) is 14.2 Å². The van der Waals surface area contributed by atoms with Gasteiger partial charge in [-0.25, -0.2) is 4.79 Å². The summed E-state index contributed by atoms with van der Waals surface area (Å²) in [6, 6.07) is 0. The molecule has 1 aliphatic rings. The molecular formula is C11H17NO3. The lowest BCUT2D eigenvalue weighted by atomic mass is 9.94. The zero-order chi connectivity index (χ0) is 11.1. The van der Waals surface area contributed by atoms with Crippen LogP contribution >= 0.6 is 0 Å². The molecule has 0 amide bonds. The van der Waals surface area contributed by atoms with Gasteiger partial charge in [0.05, 0.1) is 7.11 Å². The summed E-state index contributed by atoms with van der Waals surface area (Å²) in [6.07, 6.45) is 7.51. The number of nitrogens with zero attached hydrogens (tertiary/aromatic N) is 1. The molecule has 0 aliphatic heterocycles. The zero-order valence-electron chi connectivity index (χ0n) is 9.28. The van der Waals surface area contributed by atoms with Crippen molar-refractivity contribution in [3.05, 3.63) is 11.6 Å². The summed E-state index contributed by atoms with van der Waals surface area (Å²) in [6.45, 7) is 0. The molecule has 4 heteroatoms. The normalized spacial score (nSPS) is 17.2. The van der Waals surface area contributed by atoms with Crippen molar-refractivity contribution in [1.82, 2.24) is 0 Å². The second-order valence-corrected chi connectivity index (χ2v) is 3.51. The van der Waals surface area contributed by atoms with Crippen LogP contribution in [0.4, 0.5) is 0 Å². The number of esters is 1. The van der Waals surface area contributed by atoms with Crippen molar-refractivity contribution < 1.29 is 14.4 Å². The molecule has 1 rings (SSSR count). The molecule has 1 aliphatic carbocycles. The highest BCUT2D eigenvalue weighted by atomic mass is 16.6. The Morgan fingerprint density at radius 2 is 1.93 bits per heavy atom. The maximum Gasteiger partial charge on any atom is 0.360 e. The molecule has 0 radical (unpaired) electrons. The van der Waals surface area contributed by atoms with Gasteiger partial charge < -0.3 is 9.57 Å². The molecule has 0 heterocycles. The molecule has 0 aromatic heterocycles. The number of rotatable bonds is 3. The standard InChI is InChI=1S/C11H17NO3/c1-14-11(13)10(12-15-2)8-9-6-4-3-5-7-9/h8H,3-7H2,1-2H3/b12-10-. The highest BCUT2D eigenvalue weighted by molar-refractivity contribution is 6.41. The molecule has 4 nitrogen and oxygen atoms in total. The van der Waals surface area contributed by atoms with Crippen molar-refractivity contribution in [2.24, 2.45) is 5.16 Å². The largest absolute Gasteiger partial charge is 0.464 e. The first kappa shape index (κ1) is 11.8. The van der Waals surface area contributed by atoms with E-state index in [9.17, 15) is 4.79 Å². The van der Waals surface area contributed by atoms with Gasteiger partial charge in [0.15, 0.2) is 5.71 Å². The van der Waals surface area contributed by atoms with Gasteiger partial charge in [0.1, 0.15) is 7.11 Å². The molecule has 84 valence electrons. The second-order valence-electron chi connectivity index (χ2n) is 3.51. The van der Waals surface area contributed by atoms with Crippen LogP contribution in [0.5, 0.6) is 0 Å². The molecule has 0 aromatic rings. The molecule has 0 aromatic carbocycles. The number of oxime groups is 1. The fourth-order valence-electron chi connectivity index (χ4n) is 1.67. The van der Waals surface area contributed by atoms with Gasteiger partial charge in [-0.3, -0.25) is 0 Å². The molecule has 0 bridgehead atoms. The number of methoxy groups -OCH3 is 1. The van der Waals surface area contributed by atoms with E-state index < -0.39 is 5.97 Å². The van der Waals surface area contributed by atoms with Crippen molar-refractivity contribution in [2.45, 2.75) is 32.1 Å². The van der Waals surface area contributed by atoms with E-state index in [1.807, 2.05) is 0 Å². The Bertz CT molecular complexity index is 274. The van der Waals surface area contributed by atoms with Crippen LogP contribution in [-0.4, -0.2) is 25.9 Å². The first-order valence-corrected chi connectivity index (χ1v) is 5.17. The predicted octanol–water partition coefficient (Wildman–Crippen LogP) is 2.05. The maximum absolute atomic E-state index is 11.3. The third-order valence-electron chi connectivity index (χ3n) is 2.42. The van der Waals surface area contributed by atoms with Gasteiger partial charge in [-0.2, -0.15) is 0 Å². The lowest BCUT2D eigenvalue weighted by Gasteiger charge is -2.13. The van der Waals surface area contributed by atoms with E-state index in [0.717, 1.165) is 12.8 Å². The third-order valence-corrected chi connectivity index (χ3v) is 2.42. The SMILES string of the molecule is CO/N=C(/C=C1CCCCC1)C(=O)OC. The quantitative estimate of drug-likeness (QED) is 0.408. The highest BCUT2D eigenvalue weighted by Crippen LogP contribution is 2.22. The average Bonchev–Trinajstić information content (AvgIpc) is 2.29. The fourth-order valence-corrected chi connectivity index (χ4v) is 1.67. The van der Waals surface area contributed by atoms with Crippen LogP contribution in [-0.2, 0) is 14.4 Å². The highest BCUT2D eigenvalue weighted by Gasteiger charge is 2.13. The van der Waals surface area contributed by atoms with Crippen LogP contribution in [0.3, 0.4) is 0 Å². The monoisotopic (exact) mass is 211 g/mol. The molecule has 1 fully saturated rings. The van der Waals surface area contributed by atoms with E-state index in [-0.39, 0.29) is 5.71 Å². The fraction of sp³-hybridized carbons (Fsp3) is 0.636. The van der Waals surface area contributed by atoms with Crippen molar-refractivity contribution in [3.63, 3.8) is 0 Å². The smallest absolute Gasteiger partial charge is 0.360 e. The van der Waals surface area contributed by atoms with Gasteiger partial charge in [-0.15, -0.1) is 0 Å². The van der Waals surface area contributed by atoms with E-state index in [1.165, 1.54) is 39.1 Å². The van der Waals surface area contributed by atoms with Crippen LogP contribution in [0.25, 0.3) is 0 Å². The van der Waals surface area contributed by atoms with Gasteiger partial charge in [-0.1, -0.05) is 17.1 Å². The third kappa shape index (κ3) is 3.73. The van der Waals surface area contributed by atoms with Gasteiger partial charge in [0.25, 0.3) is 0 Å². The predicted molar refractivity (Wildman–Crippen MR) is 57.6 cm³/mol. The van der Waals surface area contributed by atoms with Gasteiger partial charge in [-0.05, 0) is 31.8 Å². The van der Waals surface area contributed by atoms with E-state index in [2.05, 4.69) is 14.7 Å². The summed E-state index contributed by atoms with van der Waals surface area (Å²) in [5, 5.41) is 3.65. The summed E-state index contributed by atoms with van der Waals surface area (Å²) in [4.78, 5) is 15.9. The minimum atomic E-state index is -0.449. The van der Waals surface area contributed by atoms with Crippen LogP contribution in [0, 0.1) is 0 Å². The lowest BCUT2D eigenvalue weighted by Crippen LogP contribution is -2.15. The van der Waals surface area contributed by atoms with Crippen molar-refractivity contribution >= 4 is 11.7 Å². The number of carbonyl (C=O) groups excluding carboxylic acids is 1. The number of allylic oxidation sites excluding steroid dienone is 1. The molecule has 0 N–H and O–H groups in total. The summed E-state index contributed by atoms with van der Waals surface area (Å²) < 4.78 is 4.61. The van der Waals surface area contributed by atoms with Gasteiger partial charge in [0.2, 0.25) is 0 Å². The Balaban J connectivity index is 2.72. The zero-order valence-corrected chi connectivity index (χ0v) is 9.28. The van der Waals surface area contributed by atoms with Crippen LogP contribution in [0.15, 0.2) is 16.8 Å². The number of carbonyl (C=O) groups is 1. The first-order valence-electron chi connectivity index (χ1n) is 5.17. The minimum Gasteiger partial charge on any atom is -0.464 e. The van der Waals surface area contributed by atoms with Crippen LogP contribution in [0.1, 0.15) is 32.1 Å². The number of ether oxygens (including phenoxy) is 1. The Morgan fingerprint density at radius 1 is 1.27 bits per heavy atom. The molecular weight excluding hydrogens is 194 g/mol. The minimum absolute atomic E-state index is 0.247. The molecule has 0 spiro atoms. The molecule has 15 heavy (non-hydrogen) atoms. The number of hydrogen-bond donors (Lipinski definition) is 0.